The van der Waals surface area contributed by atoms with Crippen molar-refractivity contribution in [1.82, 2.24) is 9.55 Å². The highest BCUT2D eigenvalue weighted by atomic mass is 16.5. The molecule has 0 bridgehead atoms. The first-order chi connectivity index (χ1) is 9.54. The van der Waals surface area contributed by atoms with Crippen LogP contribution in [0.3, 0.4) is 0 Å². The molecule has 0 spiro atoms. The Bertz CT molecular complexity index is 574. The SMILES string of the molecule is COCCCC(N)c1nc2cc(C)ccc2n1C(C)C. The van der Waals surface area contributed by atoms with Gasteiger partial charge in [-0.2, -0.15) is 0 Å². The van der Waals surface area contributed by atoms with Crippen molar-refractivity contribution in [3.8, 4) is 0 Å². The Labute approximate surface area is 120 Å². The summed E-state index contributed by atoms with van der Waals surface area (Å²) in [7, 11) is 1.72. The fraction of sp³-hybridized carbons (Fsp3) is 0.562. The van der Waals surface area contributed by atoms with E-state index in [1.807, 2.05) is 0 Å². The maximum Gasteiger partial charge on any atom is 0.127 e. The minimum absolute atomic E-state index is 0.0414. The molecular weight excluding hydrogens is 250 g/mol. The maximum absolute atomic E-state index is 6.34. The molecular formula is C16H25N3O. The van der Waals surface area contributed by atoms with E-state index in [1.54, 1.807) is 7.11 Å². The summed E-state index contributed by atoms with van der Waals surface area (Å²) >= 11 is 0. The predicted molar refractivity (Wildman–Crippen MR) is 82.9 cm³/mol. The number of fused-ring (bicyclic) bond motifs is 1. The Balaban J connectivity index is 2.38. The molecule has 0 aliphatic heterocycles. The molecule has 0 amide bonds. The molecule has 2 N–H and O–H groups in total. The number of hydrogen-bond donors (Lipinski definition) is 1. The lowest BCUT2D eigenvalue weighted by molar-refractivity contribution is 0.190. The number of aromatic nitrogens is 2. The Morgan fingerprint density at radius 2 is 2.10 bits per heavy atom. The van der Waals surface area contributed by atoms with Crippen molar-refractivity contribution in [2.75, 3.05) is 13.7 Å². The van der Waals surface area contributed by atoms with Crippen molar-refractivity contribution in [3.05, 3.63) is 29.6 Å². The normalized spacial score (nSPS) is 13.3. The number of imidazole rings is 1. The molecule has 0 radical (unpaired) electrons. The van der Waals surface area contributed by atoms with Crippen LogP contribution in [0, 0.1) is 6.92 Å². The van der Waals surface area contributed by atoms with Gasteiger partial charge in [0.05, 0.1) is 17.1 Å². The van der Waals surface area contributed by atoms with Gasteiger partial charge in [-0.25, -0.2) is 4.98 Å². The lowest BCUT2D eigenvalue weighted by atomic mass is 10.1. The summed E-state index contributed by atoms with van der Waals surface area (Å²) < 4.78 is 7.35. The molecule has 1 heterocycles. The zero-order chi connectivity index (χ0) is 14.7. The van der Waals surface area contributed by atoms with Gasteiger partial charge < -0.3 is 15.0 Å². The molecule has 110 valence electrons. The third-order valence-corrected chi connectivity index (χ3v) is 3.58. The van der Waals surface area contributed by atoms with Crippen molar-refractivity contribution in [3.63, 3.8) is 0 Å². The minimum atomic E-state index is -0.0414. The average Bonchev–Trinajstić information content (AvgIpc) is 2.77. The van der Waals surface area contributed by atoms with Crippen molar-refractivity contribution >= 4 is 11.0 Å². The molecule has 0 aliphatic rings. The number of aryl methyl sites for hydroxylation is 1. The molecule has 1 unspecified atom stereocenters. The second-order valence-electron chi connectivity index (χ2n) is 5.67. The molecule has 1 atom stereocenters. The quantitative estimate of drug-likeness (QED) is 0.822. The van der Waals surface area contributed by atoms with E-state index in [0.717, 1.165) is 30.8 Å². The van der Waals surface area contributed by atoms with E-state index < -0.39 is 0 Å². The molecule has 20 heavy (non-hydrogen) atoms. The molecule has 0 aliphatic carbocycles. The Morgan fingerprint density at radius 1 is 1.35 bits per heavy atom. The van der Waals surface area contributed by atoms with Gasteiger partial charge in [0.1, 0.15) is 5.82 Å². The van der Waals surface area contributed by atoms with E-state index in [2.05, 4.69) is 43.5 Å². The van der Waals surface area contributed by atoms with E-state index in [1.165, 1.54) is 11.1 Å². The van der Waals surface area contributed by atoms with E-state index >= 15 is 0 Å². The first-order valence-corrected chi connectivity index (χ1v) is 7.27. The van der Waals surface area contributed by atoms with Crippen LogP contribution in [0.5, 0.6) is 0 Å². The van der Waals surface area contributed by atoms with Gasteiger partial charge in [-0.3, -0.25) is 0 Å². The number of benzene rings is 1. The smallest absolute Gasteiger partial charge is 0.127 e. The minimum Gasteiger partial charge on any atom is -0.385 e. The Hall–Kier alpha value is -1.39. The molecule has 4 heteroatoms. The first kappa shape index (κ1) is 15.0. The number of nitrogens with zero attached hydrogens (tertiary/aromatic N) is 2. The third kappa shape index (κ3) is 3.02. The van der Waals surface area contributed by atoms with Crippen LogP contribution in [0.25, 0.3) is 11.0 Å². The summed E-state index contributed by atoms with van der Waals surface area (Å²) in [6, 6.07) is 6.71. The summed E-state index contributed by atoms with van der Waals surface area (Å²) in [6.45, 7) is 7.18. The van der Waals surface area contributed by atoms with Gasteiger partial charge in [0, 0.05) is 19.8 Å². The lowest BCUT2D eigenvalue weighted by Crippen LogP contribution is -2.18. The molecule has 0 saturated carbocycles. The summed E-state index contributed by atoms with van der Waals surface area (Å²) in [5, 5.41) is 0. The van der Waals surface area contributed by atoms with Crippen molar-refractivity contribution in [1.29, 1.82) is 0 Å². The summed E-state index contributed by atoms with van der Waals surface area (Å²) in [5.74, 6) is 0.983. The van der Waals surface area contributed by atoms with Crippen molar-refractivity contribution < 1.29 is 4.74 Å². The molecule has 4 nitrogen and oxygen atoms in total. The fourth-order valence-electron chi connectivity index (χ4n) is 2.61. The standard InChI is InChI=1S/C16H25N3O/c1-11(2)19-15-8-7-12(3)10-14(15)18-16(19)13(17)6-5-9-20-4/h7-8,10-11,13H,5-6,9,17H2,1-4H3. The van der Waals surface area contributed by atoms with Crippen LogP contribution in [0.1, 0.15) is 50.2 Å². The van der Waals surface area contributed by atoms with E-state index in [0.29, 0.717) is 6.04 Å². The Kier molecular flexibility index (Phi) is 4.78. The second kappa shape index (κ2) is 6.37. The van der Waals surface area contributed by atoms with Crippen LogP contribution in [-0.4, -0.2) is 23.3 Å². The summed E-state index contributed by atoms with van der Waals surface area (Å²) in [5.41, 5.74) is 9.77. The zero-order valence-corrected chi connectivity index (χ0v) is 12.9. The molecule has 1 aromatic carbocycles. The van der Waals surface area contributed by atoms with Crippen molar-refractivity contribution in [2.45, 2.75) is 45.7 Å². The Morgan fingerprint density at radius 3 is 2.75 bits per heavy atom. The maximum atomic E-state index is 6.34. The zero-order valence-electron chi connectivity index (χ0n) is 12.9. The van der Waals surface area contributed by atoms with Gasteiger partial charge in [-0.05, 0) is 51.3 Å². The molecule has 0 saturated heterocycles. The highest BCUT2D eigenvalue weighted by Crippen LogP contribution is 2.26. The fourth-order valence-corrected chi connectivity index (χ4v) is 2.61. The molecule has 0 fully saturated rings. The average molecular weight is 275 g/mol. The lowest BCUT2D eigenvalue weighted by Gasteiger charge is -2.17. The largest absolute Gasteiger partial charge is 0.385 e. The third-order valence-electron chi connectivity index (χ3n) is 3.58. The van der Waals surface area contributed by atoms with Crippen LogP contribution in [-0.2, 0) is 4.74 Å². The van der Waals surface area contributed by atoms with E-state index in [9.17, 15) is 0 Å². The van der Waals surface area contributed by atoms with Crippen LogP contribution < -0.4 is 5.73 Å². The van der Waals surface area contributed by atoms with Gasteiger partial charge in [-0.15, -0.1) is 0 Å². The predicted octanol–water partition coefficient (Wildman–Crippen LogP) is 3.35. The summed E-state index contributed by atoms with van der Waals surface area (Å²) in [4.78, 5) is 4.77. The van der Waals surface area contributed by atoms with Crippen LogP contribution >= 0.6 is 0 Å². The van der Waals surface area contributed by atoms with Gasteiger partial charge in [-0.1, -0.05) is 6.07 Å². The van der Waals surface area contributed by atoms with Crippen LogP contribution in [0.2, 0.25) is 0 Å². The van der Waals surface area contributed by atoms with E-state index in [4.69, 9.17) is 15.5 Å². The molecule has 2 aromatic rings. The van der Waals surface area contributed by atoms with Crippen LogP contribution in [0.4, 0.5) is 0 Å². The number of methoxy groups -OCH3 is 1. The van der Waals surface area contributed by atoms with Gasteiger partial charge in [0.15, 0.2) is 0 Å². The van der Waals surface area contributed by atoms with Crippen LogP contribution in [0.15, 0.2) is 18.2 Å². The second-order valence-corrected chi connectivity index (χ2v) is 5.67. The molecule has 1 aromatic heterocycles. The number of ether oxygens (including phenoxy) is 1. The van der Waals surface area contributed by atoms with Gasteiger partial charge >= 0.3 is 0 Å². The highest BCUT2D eigenvalue weighted by molar-refractivity contribution is 5.77. The summed E-state index contributed by atoms with van der Waals surface area (Å²) in [6.07, 6.45) is 1.85. The number of rotatable bonds is 6. The highest BCUT2D eigenvalue weighted by Gasteiger charge is 2.18. The van der Waals surface area contributed by atoms with Gasteiger partial charge in [0.25, 0.3) is 0 Å². The van der Waals surface area contributed by atoms with E-state index in [-0.39, 0.29) is 6.04 Å². The number of hydrogen-bond acceptors (Lipinski definition) is 3. The van der Waals surface area contributed by atoms with Crippen molar-refractivity contribution in [2.24, 2.45) is 5.73 Å². The monoisotopic (exact) mass is 275 g/mol. The number of nitrogens with two attached hydrogens (primary N) is 1. The topological polar surface area (TPSA) is 53.1 Å². The molecule has 2 rings (SSSR count). The first-order valence-electron chi connectivity index (χ1n) is 7.27. The van der Waals surface area contributed by atoms with Gasteiger partial charge in [0.2, 0.25) is 0 Å².